The summed E-state index contributed by atoms with van der Waals surface area (Å²) in [5.74, 6) is 2.97. The molecule has 0 N–H and O–H groups in total. The number of methoxy groups -OCH3 is 1. The Kier molecular flexibility index (Phi) is 7.00. The van der Waals surface area contributed by atoms with Gasteiger partial charge < -0.3 is 23.8 Å². The molecule has 8 rings (SSSR count). The standard InChI is InChI=1S/C38H49N3O3/c1-24-13-14-26(22-39(2)3)41(24)37(42)38-21-33(38)32-19-28(43-4)15-17-30(32)36-35(25-9-6-5-7-10-25)31-18-16-29(44-27-11-8-12-27)20-34(31)40(36)23-38/h15-20,24-27,33H,5-14,21-23H2,1-4H3. The predicted molar refractivity (Wildman–Crippen MR) is 176 cm³/mol. The van der Waals surface area contributed by atoms with Crippen molar-refractivity contribution in [2.45, 2.75) is 114 Å². The van der Waals surface area contributed by atoms with E-state index < -0.39 is 5.41 Å². The maximum absolute atomic E-state index is 15.0. The molecule has 234 valence electrons. The lowest BCUT2D eigenvalue weighted by Crippen LogP contribution is -2.48. The Balaban J connectivity index is 1.32. The molecule has 0 radical (unpaired) electrons. The highest BCUT2D eigenvalue weighted by Gasteiger charge is 2.65. The van der Waals surface area contributed by atoms with Crippen molar-refractivity contribution in [2.75, 3.05) is 27.7 Å². The number of carbonyl (C=O) groups is 1. The molecule has 0 spiro atoms. The number of hydrogen-bond acceptors (Lipinski definition) is 4. The number of ether oxygens (including phenoxy) is 2. The number of likely N-dealkylation sites (N-methyl/N-ethyl adjacent to an activating group) is 1. The van der Waals surface area contributed by atoms with Crippen LogP contribution in [-0.4, -0.2) is 66.2 Å². The predicted octanol–water partition coefficient (Wildman–Crippen LogP) is 7.72. The maximum atomic E-state index is 15.0. The van der Waals surface area contributed by atoms with Crippen LogP contribution in [-0.2, 0) is 11.3 Å². The van der Waals surface area contributed by atoms with Gasteiger partial charge in [-0.3, -0.25) is 4.79 Å². The zero-order chi connectivity index (χ0) is 30.2. The summed E-state index contributed by atoms with van der Waals surface area (Å²) in [6, 6.07) is 14.1. The van der Waals surface area contributed by atoms with Crippen molar-refractivity contribution in [3.05, 3.63) is 47.5 Å². The highest BCUT2D eigenvalue weighted by molar-refractivity contribution is 5.97. The SMILES string of the molecule is COc1ccc2c(c1)C1CC1(C(=O)N1C(C)CCC1CN(C)C)Cn1c-2c(C2CCCCC2)c2ccc(OC3CCC3)cc21. The van der Waals surface area contributed by atoms with Gasteiger partial charge in [-0.25, -0.2) is 0 Å². The van der Waals surface area contributed by atoms with E-state index in [4.69, 9.17) is 9.47 Å². The first-order chi connectivity index (χ1) is 21.4. The molecule has 1 saturated heterocycles. The van der Waals surface area contributed by atoms with E-state index in [0.717, 1.165) is 56.7 Å². The molecule has 3 aromatic rings. The first-order valence-electron chi connectivity index (χ1n) is 17.4. The van der Waals surface area contributed by atoms with E-state index in [9.17, 15) is 0 Å². The van der Waals surface area contributed by atoms with Gasteiger partial charge in [0.25, 0.3) is 0 Å². The fourth-order valence-corrected chi connectivity index (χ4v) is 9.31. The van der Waals surface area contributed by atoms with Crippen molar-refractivity contribution in [1.82, 2.24) is 14.4 Å². The summed E-state index contributed by atoms with van der Waals surface area (Å²) in [6.07, 6.45) is 13.4. The van der Waals surface area contributed by atoms with Gasteiger partial charge in [-0.1, -0.05) is 19.3 Å². The first kappa shape index (κ1) is 28.5. The molecular formula is C38H49N3O3. The second kappa shape index (κ2) is 10.8. The number of rotatable bonds is 7. The van der Waals surface area contributed by atoms with Gasteiger partial charge in [0.2, 0.25) is 5.91 Å². The molecule has 0 bridgehead atoms. The van der Waals surface area contributed by atoms with E-state index in [0.29, 0.717) is 17.9 Å². The summed E-state index contributed by atoms with van der Waals surface area (Å²) in [6.45, 7) is 3.92. The zero-order valence-corrected chi connectivity index (χ0v) is 27.1. The largest absolute Gasteiger partial charge is 0.497 e. The Morgan fingerprint density at radius 1 is 0.955 bits per heavy atom. The molecule has 6 heteroatoms. The van der Waals surface area contributed by atoms with Crippen LogP contribution in [0.5, 0.6) is 11.5 Å². The number of benzene rings is 2. The molecule has 4 fully saturated rings. The van der Waals surface area contributed by atoms with Crippen LogP contribution in [0.15, 0.2) is 36.4 Å². The third kappa shape index (κ3) is 4.49. The summed E-state index contributed by atoms with van der Waals surface area (Å²) < 4.78 is 14.9. The Hall–Kier alpha value is -2.99. The minimum Gasteiger partial charge on any atom is -0.497 e. The topological polar surface area (TPSA) is 46.9 Å². The lowest BCUT2D eigenvalue weighted by Gasteiger charge is -2.34. The molecule has 3 heterocycles. The van der Waals surface area contributed by atoms with Gasteiger partial charge in [0.15, 0.2) is 0 Å². The first-order valence-corrected chi connectivity index (χ1v) is 17.4. The summed E-state index contributed by atoms with van der Waals surface area (Å²) in [5.41, 5.74) is 6.28. The van der Waals surface area contributed by atoms with Crippen LogP contribution in [0.3, 0.4) is 0 Å². The number of fused-ring (bicyclic) bond motifs is 7. The Morgan fingerprint density at radius 3 is 2.48 bits per heavy atom. The number of likely N-dealkylation sites (tertiary alicyclic amines) is 1. The monoisotopic (exact) mass is 595 g/mol. The van der Waals surface area contributed by atoms with E-state index in [-0.39, 0.29) is 18.0 Å². The fourth-order valence-electron chi connectivity index (χ4n) is 9.31. The molecule has 1 aromatic heterocycles. The summed E-state index contributed by atoms with van der Waals surface area (Å²) in [4.78, 5) is 19.6. The highest BCUT2D eigenvalue weighted by Crippen LogP contribution is 2.66. The third-order valence-electron chi connectivity index (χ3n) is 11.9. The quantitative estimate of drug-likeness (QED) is 0.281. The Morgan fingerprint density at radius 2 is 1.75 bits per heavy atom. The molecule has 3 saturated carbocycles. The molecule has 6 nitrogen and oxygen atoms in total. The highest BCUT2D eigenvalue weighted by atomic mass is 16.5. The van der Waals surface area contributed by atoms with Crippen LogP contribution in [0.25, 0.3) is 22.2 Å². The number of carbonyl (C=O) groups excluding carboxylic acids is 1. The minimum absolute atomic E-state index is 0.205. The van der Waals surface area contributed by atoms with Gasteiger partial charge in [0.1, 0.15) is 11.5 Å². The van der Waals surface area contributed by atoms with Crippen molar-refractivity contribution in [3.63, 3.8) is 0 Å². The summed E-state index contributed by atoms with van der Waals surface area (Å²) in [7, 11) is 6.02. The van der Waals surface area contributed by atoms with Crippen LogP contribution >= 0.6 is 0 Å². The average molecular weight is 596 g/mol. The van der Waals surface area contributed by atoms with Crippen molar-refractivity contribution in [1.29, 1.82) is 0 Å². The fraction of sp³-hybridized carbons (Fsp3) is 0.605. The second-order valence-electron chi connectivity index (χ2n) is 15.0. The Labute approximate surface area is 262 Å². The maximum Gasteiger partial charge on any atom is 0.231 e. The van der Waals surface area contributed by atoms with Crippen molar-refractivity contribution < 1.29 is 14.3 Å². The normalized spacial score (nSPS) is 28.3. The molecule has 5 aliphatic rings. The number of hydrogen-bond donors (Lipinski definition) is 0. The zero-order valence-electron chi connectivity index (χ0n) is 27.1. The van der Waals surface area contributed by atoms with Crippen LogP contribution in [0.4, 0.5) is 0 Å². The van der Waals surface area contributed by atoms with Crippen LogP contribution in [0.1, 0.15) is 101 Å². The van der Waals surface area contributed by atoms with Crippen LogP contribution in [0, 0.1) is 5.41 Å². The molecule has 44 heavy (non-hydrogen) atoms. The van der Waals surface area contributed by atoms with Crippen LogP contribution < -0.4 is 9.47 Å². The molecule has 2 aromatic carbocycles. The van der Waals surface area contributed by atoms with Gasteiger partial charge in [-0.2, -0.15) is 0 Å². The molecule has 4 atom stereocenters. The minimum atomic E-state index is -0.434. The number of amides is 1. The van der Waals surface area contributed by atoms with E-state index in [1.165, 1.54) is 71.8 Å². The van der Waals surface area contributed by atoms with Crippen LogP contribution in [0.2, 0.25) is 0 Å². The molecule has 4 unspecified atom stereocenters. The number of nitrogens with zero attached hydrogens (tertiary/aromatic N) is 3. The van der Waals surface area contributed by atoms with Gasteiger partial charge in [0.05, 0.1) is 29.8 Å². The number of aromatic nitrogens is 1. The molecule has 3 aliphatic carbocycles. The van der Waals surface area contributed by atoms with E-state index in [2.05, 4.69) is 71.8 Å². The lowest BCUT2D eigenvalue weighted by atomic mass is 9.81. The van der Waals surface area contributed by atoms with Gasteiger partial charge in [-0.15, -0.1) is 0 Å². The van der Waals surface area contributed by atoms with E-state index in [1.807, 2.05) is 0 Å². The van der Waals surface area contributed by atoms with E-state index >= 15 is 4.79 Å². The van der Waals surface area contributed by atoms with E-state index in [1.54, 1.807) is 7.11 Å². The third-order valence-corrected chi connectivity index (χ3v) is 11.9. The summed E-state index contributed by atoms with van der Waals surface area (Å²) in [5, 5.41) is 1.36. The van der Waals surface area contributed by atoms with Crippen molar-refractivity contribution in [3.8, 4) is 22.8 Å². The van der Waals surface area contributed by atoms with Gasteiger partial charge in [0, 0.05) is 48.1 Å². The molecular weight excluding hydrogens is 546 g/mol. The van der Waals surface area contributed by atoms with Gasteiger partial charge >= 0.3 is 0 Å². The molecule has 2 aliphatic heterocycles. The van der Waals surface area contributed by atoms with Crippen molar-refractivity contribution >= 4 is 16.8 Å². The lowest BCUT2D eigenvalue weighted by molar-refractivity contribution is -0.140. The summed E-state index contributed by atoms with van der Waals surface area (Å²) >= 11 is 0. The van der Waals surface area contributed by atoms with Crippen molar-refractivity contribution in [2.24, 2.45) is 5.41 Å². The second-order valence-corrected chi connectivity index (χ2v) is 15.0. The Bertz CT molecular complexity index is 1580. The smallest absolute Gasteiger partial charge is 0.231 e. The van der Waals surface area contributed by atoms with Gasteiger partial charge in [-0.05, 0) is 120 Å². The average Bonchev–Trinajstić information content (AvgIpc) is 3.55. The molecule has 1 amide bonds.